The zero-order valence-corrected chi connectivity index (χ0v) is 26.5. The van der Waals surface area contributed by atoms with E-state index in [-0.39, 0.29) is 17.8 Å². The molecule has 1 aliphatic heterocycles. The number of hydrogen-bond acceptors (Lipinski definition) is 8. The lowest BCUT2D eigenvalue weighted by molar-refractivity contribution is -0.111. The van der Waals surface area contributed by atoms with Gasteiger partial charge in [0.2, 0.25) is 0 Å². The summed E-state index contributed by atoms with van der Waals surface area (Å²) in [5.41, 5.74) is 10.5. The minimum absolute atomic E-state index is 0.151. The van der Waals surface area contributed by atoms with Gasteiger partial charge < -0.3 is 26.4 Å². The predicted molar refractivity (Wildman–Crippen MR) is 173 cm³/mol. The average Bonchev–Trinajstić information content (AvgIpc) is 2.99. The smallest absolute Gasteiger partial charge is 0.271 e. The molecule has 9 heteroatoms. The summed E-state index contributed by atoms with van der Waals surface area (Å²) in [4.78, 5) is 27.0. The number of carbonyl (C=O) groups excluding carboxylic acids is 1. The van der Waals surface area contributed by atoms with Gasteiger partial charge in [-0.05, 0) is 105 Å². The summed E-state index contributed by atoms with van der Waals surface area (Å²) in [7, 11) is 0. The Labute approximate surface area is 257 Å². The van der Waals surface area contributed by atoms with Gasteiger partial charge >= 0.3 is 0 Å². The first-order valence-electron chi connectivity index (χ1n) is 16.6. The topological polar surface area (TPSA) is 120 Å². The summed E-state index contributed by atoms with van der Waals surface area (Å²) in [6, 6.07) is 6.57. The molecule has 2 aromatic rings. The van der Waals surface area contributed by atoms with Crippen LogP contribution in [0.5, 0.6) is 0 Å². The molecule has 1 aromatic heterocycles. The summed E-state index contributed by atoms with van der Waals surface area (Å²) in [5.74, 6) is 3.19. The second kappa shape index (κ2) is 12.2. The molecule has 1 unspecified atom stereocenters. The van der Waals surface area contributed by atoms with Gasteiger partial charge in [0.05, 0.1) is 11.8 Å². The lowest BCUT2D eigenvalue weighted by atomic mass is 9.45. The number of carbonyl (C=O) groups is 1. The standard InChI is InChI=1S/C34H51N7O2/c1-5-28-32(36-24-8-11-26(42)12-9-24)39-33(30(38-28)31(35)43)37-25-10-13-29(21(2)18-25)41-16-14-40(15-17-41)20-22-6-7-23-19-27(22)34(23,3)4/h10,13,18,22-24,26-27,42H,5-9,11-12,14-17,19-20H2,1-4H3,(H2,35,43)(H2,36,37,39)/t22?,23-,24-,26-,27-/m0/s1. The third-order valence-electron chi connectivity index (χ3n) is 11.2. The van der Waals surface area contributed by atoms with Crippen molar-refractivity contribution in [1.82, 2.24) is 14.9 Å². The maximum absolute atomic E-state index is 12.4. The number of aliphatic hydroxyl groups is 1. The summed E-state index contributed by atoms with van der Waals surface area (Å²) in [6.45, 7) is 14.7. The summed E-state index contributed by atoms with van der Waals surface area (Å²) in [6.07, 6.45) is 8.00. The minimum atomic E-state index is -0.600. The number of rotatable bonds is 9. The van der Waals surface area contributed by atoms with Crippen LogP contribution < -0.4 is 21.3 Å². The van der Waals surface area contributed by atoms with E-state index in [1.807, 2.05) is 6.92 Å². The van der Waals surface area contributed by atoms with Gasteiger partial charge in [0.25, 0.3) is 5.91 Å². The molecule has 1 amide bonds. The zero-order valence-electron chi connectivity index (χ0n) is 26.5. The van der Waals surface area contributed by atoms with Gasteiger partial charge in [-0.25, -0.2) is 9.97 Å². The molecular formula is C34H51N7O2. The Balaban J connectivity index is 1.11. The highest BCUT2D eigenvalue weighted by Gasteiger charge is 2.54. The molecule has 2 heterocycles. The van der Waals surface area contributed by atoms with Crippen molar-refractivity contribution in [1.29, 1.82) is 0 Å². The number of primary amides is 1. The highest BCUT2D eigenvalue weighted by molar-refractivity contribution is 5.96. The van der Waals surface area contributed by atoms with Crippen molar-refractivity contribution in [2.45, 2.75) is 91.2 Å². The fraction of sp³-hybridized carbons (Fsp3) is 0.676. The van der Waals surface area contributed by atoms with Gasteiger partial charge in [0.1, 0.15) is 5.82 Å². The average molecular weight is 590 g/mol. The van der Waals surface area contributed by atoms with E-state index >= 15 is 0 Å². The van der Waals surface area contributed by atoms with Crippen LogP contribution in [0.4, 0.5) is 23.0 Å². The number of fused-ring (bicyclic) bond motifs is 2. The van der Waals surface area contributed by atoms with E-state index < -0.39 is 5.91 Å². The fourth-order valence-corrected chi connectivity index (χ4v) is 8.41. The second-order valence-corrected chi connectivity index (χ2v) is 14.2. The van der Waals surface area contributed by atoms with E-state index in [2.05, 4.69) is 64.4 Å². The molecule has 7 rings (SSSR count). The lowest BCUT2D eigenvalue weighted by Gasteiger charge is -2.61. The molecule has 4 saturated carbocycles. The maximum Gasteiger partial charge on any atom is 0.271 e. The SMILES string of the molecule is CCc1nc(C(N)=O)c(Nc2ccc(N3CCN(CC4CC[C@H]5C[C@@H]4C5(C)C)CC3)c(C)c2)nc1N[C@H]1CC[C@H](O)CC1. The quantitative estimate of drug-likeness (QED) is 0.319. The van der Waals surface area contributed by atoms with Gasteiger partial charge in [-0.1, -0.05) is 20.8 Å². The highest BCUT2D eigenvalue weighted by Crippen LogP contribution is 2.61. The minimum Gasteiger partial charge on any atom is -0.393 e. The number of anilines is 4. The molecular weight excluding hydrogens is 538 g/mol. The number of piperazine rings is 1. The highest BCUT2D eigenvalue weighted by atomic mass is 16.3. The van der Waals surface area contributed by atoms with Gasteiger partial charge in [0, 0.05) is 50.1 Å². The monoisotopic (exact) mass is 589 g/mol. The van der Waals surface area contributed by atoms with Gasteiger partial charge in [-0.2, -0.15) is 0 Å². The van der Waals surface area contributed by atoms with E-state index in [0.717, 1.165) is 81.0 Å². The van der Waals surface area contributed by atoms with Gasteiger partial charge in [0.15, 0.2) is 11.5 Å². The Bertz CT molecular complexity index is 1310. The molecule has 234 valence electrons. The Kier molecular flexibility index (Phi) is 8.57. The van der Waals surface area contributed by atoms with E-state index in [1.165, 1.54) is 37.1 Å². The molecule has 9 nitrogen and oxygen atoms in total. The number of benzene rings is 1. The molecule has 4 aliphatic carbocycles. The van der Waals surface area contributed by atoms with E-state index in [0.29, 0.717) is 23.5 Å². The Morgan fingerprint density at radius 3 is 2.42 bits per heavy atom. The maximum atomic E-state index is 12.4. The number of amides is 1. The lowest BCUT2D eigenvalue weighted by Crippen LogP contribution is -2.56. The van der Waals surface area contributed by atoms with Crippen LogP contribution in [-0.4, -0.2) is 70.8 Å². The van der Waals surface area contributed by atoms with Gasteiger partial charge in [-0.15, -0.1) is 0 Å². The Hall–Kier alpha value is -2.91. The van der Waals surface area contributed by atoms with Crippen molar-refractivity contribution >= 4 is 28.9 Å². The van der Waals surface area contributed by atoms with Crippen LogP contribution in [0.25, 0.3) is 0 Å². The van der Waals surface area contributed by atoms with Crippen molar-refractivity contribution < 1.29 is 9.90 Å². The third-order valence-corrected chi connectivity index (χ3v) is 11.2. The van der Waals surface area contributed by atoms with Crippen molar-refractivity contribution in [3.63, 3.8) is 0 Å². The first kappa shape index (κ1) is 30.1. The first-order valence-corrected chi connectivity index (χ1v) is 16.6. The van der Waals surface area contributed by atoms with Crippen LogP contribution in [0.1, 0.15) is 87.5 Å². The molecule has 0 spiro atoms. The second-order valence-electron chi connectivity index (χ2n) is 14.2. The normalized spacial score (nSPS) is 28.7. The number of nitrogens with zero attached hydrogens (tertiary/aromatic N) is 4. The molecule has 0 radical (unpaired) electrons. The number of nitrogens with two attached hydrogens (primary N) is 1. The number of aromatic nitrogens is 2. The molecule has 3 atom stereocenters. The Morgan fingerprint density at radius 1 is 1.05 bits per heavy atom. The van der Waals surface area contributed by atoms with Crippen molar-refractivity contribution in [3.8, 4) is 0 Å². The van der Waals surface area contributed by atoms with Crippen LogP contribution in [0.15, 0.2) is 18.2 Å². The predicted octanol–water partition coefficient (Wildman–Crippen LogP) is 5.10. The van der Waals surface area contributed by atoms with Crippen LogP contribution in [0.3, 0.4) is 0 Å². The third kappa shape index (κ3) is 6.21. The molecule has 2 bridgehead atoms. The summed E-state index contributed by atoms with van der Waals surface area (Å²) >= 11 is 0. The van der Waals surface area contributed by atoms with Crippen LogP contribution >= 0.6 is 0 Å². The van der Waals surface area contributed by atoms with E-state index in [1.54, 1.807) is 0 Å². The van der Waals surface area contributed by atoms with Crippen molar-refractivity contribution in [2.75, 3.05) is 48.3 Å². The number of nitrogens with one attached hydrogen (secondary N) is 2. The number of aryl methyl sites for hydroxylation is 2. The fourth-order valence-electron chi connectivity index (χ4n) is 8.41. The molecule has 1 saturated heterocycles. The first-order chi connectivity index (χ1) is 20.6. The number of aliphatic hydroxyl groups excluding tert-OH is 1. The van der Waals surface area contributed by atoms with E-state index in [4.69, 9.17) is 10.7 Å². The number of hydrogen-bond donors (Lipinski definition) is 4. The molecule has 1 aromatic carbocycles. The van der Waals surface area contributed by atoms with Crippen LogP contribution in [0, 0.1) is 30.1 Å². The van der Waals surface area contributed by atoms with E-state index in [9.17, 15) is 9.90 Å². The zero-order chi connectivity index (χ0) is 30.3. The summed E-state index contributed by atoms with van der Waals surface area (Å²) in [5, 5.41) is 16.8. The Morgan fingerprint density at radius 2 is 1.79 bits per heavy atom. The van der Waals surface area contributed by atoms with Crippen LogP contribution in [0.2, 0.25) is 0 Å². The van der Waals surface area contributed by atoms with Crippen molar-refractivity contribution in [3.05, 3.63) is 35.2 Å². The molecule has 5 fully saturated rings. The molecule has 5 N–H and O–H groups in total. The van der Waals surface area contributed by atoms with Crippen LogP contribution in [-0.2, 0) is 6.42 Å². The summed E-state index contributed by atoms with van der Waals surface area (Å²) < 4.78 is 0. The molecule has 5 aliphatic rings. The van der Waals surface area contributed by atoms with Crippen molar-refractivity contribution in [2.24, 2.45) is 28.9 Å². The molecule has 43 heavy (non-hydrogen) atoms. The van der Waals surface area contributed by atoms with Gasteiger partial charge in [-0.3, -0.25) is 9.69 Å². The largest absolute Gasteiger partial charge is 0.393 e.